The Morgan fingerprint density at radius 3 is 2.62 bits per heavy atom. The lowest BCUT2D eigenvalue weighted by Crippen LogP contribution is -2.41. The van der Waals surface area contributed by atoms with Crippen molar-refractivity contribution in [2.75, 3.05) is 6.61 Å². The summed E-state index contributed by atoms with van der Waals surface area (Å²) >= 11 is 0. The summed E-state index contributed by atoms with van der Waals surface area (Å²) in [6.07, 6.45) is 6.14. The Morgan fingerprint density at radius 2 is 1.88 bits per heavy atom. The minimum Gasteiger partial charge on any atom is -0.484 e. The van der Waals surface area contributed by atoms with Gasteiger partial charge in [0.25, 0.3) is 11.8 Å². The Balaban J connectivity index is 1.41. The number of carbonyl (C=O) groups excluding carboxylic acids is 1. The summed E-state index contributed by atoms with van der Waals surface area (Å²) in [5, 5.41) is 12.0. The van der Waals surface area contributed by atoms with Gasteiger partial charge in [-0.2, -0.15) is 5.26 Å². The molecular weight excluding hydrogens is 332 g/mol. The van der Waals surface area contributed by atoms with Crippen molar-refractivity contribution in [1.29, 1.82) is 5.26 Å². The van der Waals surface area contributed by atoms with E-state index in [1.54, 1.807) is 0 Å². The van der Waals surface area contributed by atoms with Crippen LogP contribution in [0, 0.1) is 11.3 Å². The maximum absolute atomic E-state index is 12.0. The SMILES string of the molecule is N#Cc1nccnc1OC1CCC(NC(=O)COc2ccccc2)CC1. The number of hydrogen-bond acceptors (Lipinski definition) is 6. The average Bonchev–Trinajstić information content (AvgIpc) is 2.69. The van der Waals surface area contributed by atoms with Gasteiger partial charge < -0.3 is 14.8 Å². The zero-order chi connectivity index (χ0) is 18.2. The van der Waals surface area contributed by atoms with Crippen LogP contribution in [0.25, 0.3) is 0 Å². The highest BCUT2D eigenvalue weighted by Gasteiger charge is 2.24. The maximum atomic E-state index is 12.0. The summed E-state index contributed by atoms with van der Waals surface area (Å²) in [4.78, 5) is 20.0. The summed E-state index contributed by atoms with van der Waals surface area (Å²) < 4.78 is 11.3. The second-order valence-corrected chi connectivity index (χ2v) is 6.08. The van der Waals surface area contributed by atoms with E-state index in [2.05, 4.69) is 15.3 Å². The van der Waals surface area contributed by atoms with Crippen molar-refractivity contribution in [2.45, 2.75) is 37.8 Å². The summed E-state index contributed by atoms with van der Waals surface area (Å²) in [5.41, 5.74) is 0.195. The molecule has 1 aromatic carbocycles. The Morgan fingerprint density at radius 1 is 1.15 bits per heavy atom. The summed E-state index contributed by atoms with van der Waals surface area (Å²) in [6, 6.07) is 11.3. The monoisotopic (exact) mass is 352 g/mol. The van der Waals surface area contributed by atoms with Gasteiger partial charge in [0.15, 0.2) is 6.61 Å². The Kier molecular flexibility index (Phi) is 5.99. The van der Waals surface area contributed by atoms with Crippen molar-refractivity contribution in [3.63, 3.8) is 0 Å². The van der Waals surface area contributed by atoms with Crippen LogP contribution in [0.2, 0.25) is 0 Å². The average molecular weight is 352 g/mol. The van der Waals surface area contributed by atoms with E-state index in [9.17, 15) is 4.79 Å². The lowest BCUT2D eigenvalue weighted by atomic mass is 9.93. The molecule has 1 aliphatic rings. The van der Waals surface area contributed by atoms with Gasteiger partial charge in [0.1, 0.15) is 17.9 Å². The maximum Gasteiger partial charge on any atom is 0.258 e. The van der Waals surface area contributed by atoms with Gasteiger partial charge in [-0.15, -0.1) is 0 Å². The van der Waals surface area contributed by atoms with Crippen LogP contribution >= 0.6 is 0 Å². The number of rotatable bonds is 6. The van der Waals surface area contributed by atoms with Crippen LogP contribution in [-0.4, -0.2) is 34.6 Å². The molecule has 3 rings (SSSR count). The van der Waals surface area contributed by atoms with Crippen molar-refractivity contribution in [1.82, 2.24) is 15.3 Å². The molecule has 1 aromatic heterocycles. The van der Waals surface area contributed by atoms with E-state index in [0.29, 0.717) is 5.75 Å². The highest BCUT2D eigenvalue weighted by atomic mass is 16.5. The van der Waals surface area contributed by atoms with Gasteiger partial charge in [-0.05, 0) is 37.8 Å². The fraction of sp³-hybridized carbons (Fsp3) is 0.368. The van der Waals surface area contributed by atoms with Crippen molar-refractivity contribution < 1.29 is 14.3 Å². The lowest BCUT2D eigenvalue weighted by molar-refractivity contribution is -0.124. The van der Waals surface area contributed by atoms with Crippen molar-refractivity contribution in [3.05, 3.63) is 48.4 Å². The fourth-order valence-electron chi connectivity index (χ4n) is 2.91. The Hall–Kier alpha value is -3.14. The number of amides is 1. The molecule has 1 saturated carbocycles. The molecule has 2 aromatic rings. The van der Waals surface area contributed by atoms with E-state index >= 15 is 0 Å². The predicted molar refractivity (Wildman–Crippen MR) is 93.5 cm³/mol. The molecule has 0 atom stereocenters. The van der Waals surface area contributed by atoms with Crippen LogP contribution in [-0.2, 0) is 4.79 Å². The van der Waals surface area contributed by atoms with Gasteiger partial charge in [-0.25, -0.2) is 9.97 Å². The molecule has 7 heteroatoms. The lowest BCUT2D eigenvalue weighted by Gasteiger charge is -2.29. The van der Waals surface area contributed by atoms with Crippen LogP contribution in [0.3, 0.4) is 0 Å². The topological polar surface area (TPSA) is 97.1 Å². The standard InChI is InChI=1S/C19H20N4O3/c20-12-17-19(22-11-10-21-17)26-16-8-6-14(7-9-16)23-18(24)13-25-15-4-2-1-3-5-15/h1-5,10-11,14,16H,6-9,13H2,(H,23,24). The van der Waals surface area contributed by atoms with Crippen molar-refractivity contribution in [2.24, 2.45) is 0 Å². The molecule has 1 fully saturated rings. The minimum absolute atomic E-state index is 0.00553. The zero-order valence-electron chi connectivity index (χ0n) is 14.3. The first-order valence-electron chi connectivity index (χ1n) is 8.59. The highest BCUT2D eigenvalue weighted by Crippen LogP contribution is 2.24. The van der Waals surface area contributed by atoms with Gasteiger partial charge in [0, 0.05) is 18.4 Å². The predicted octanol–water partition coefficient (Wildman–Crippen LogP) is 2.23. The van der Waals surface area contributed by atoms with Crippen LogP contribution in [0.4, 0.5) is 0 Å². The molecule has 0 bridgehead atoms. The van der Waals surface area contributed by atoms with Crippen LogP contribution in [0.5, 0.6) is 11.6 Å². The molecule has 7 nitrogen and oxygen atoms in total. The largest absolute Gasteiger partial charge is 0.484 e. The molecular formula is C19H20N4O3. The summed E-state index contributed by atoms with van der Waals surface area (Å²) in [7, 11) is 0. The third kappa shape index (κ3) is 4.93. The van der Waals surface area contributed by atoms with Crippen LogP contribution in [0.15, 0.2) is 42.7 Å². The third-order valence-corrected chi connectivity index (χ3v) is 4.20. The van der Waals surface area contributed by atoms with Crippen molar-refractivity contribution >= 4 is 5.91 Å². The molecule has 1 amide bonds. The zero-order valence-corrected chi connectivity index (χ0v) is 14.3. The number of para-hydroxylation sites is 1. The Labute approximate surface area is 152 Å². The smallest absolute Gasteiger partial charge is 0.258 e. The van der Waals surface area contributed by atoms with Crippen LogP contribution in [0.1, 0.15) is 31.4 Å². The molecule has 26 heavy (non-hydrogen) atoms. The molecule has 0 radical (unpaired) electrons. The highest BCUT2D eigenvalue weighted by molar-refractivity contribution is 5.77. The molecule has 0 unspecified atom stereocenters. The molecule has 1 aliphatic carbocycles. The molecule has 0 spiro atoms. The first-order chi connectivity index (χ1) is 12.7. The number of hydrogen-bond donors (Lipinski definition) is 1. The van der Waals surface area contributed by atoms with Gasteiger partial charge >= 0.3 is 0 Å². The van der Waals surface area contributed by atoms with Crippen LogP contribution < -0.4 is 14.8 Å². The van der Waals surface area contributed by atoms with E-state index in [4.69, 9.17) is 14.7 Å². The molecule has 1 heterocycles. The third-order valence-electron chi connectivity index (χ3n) is 4.20. The summed E-state index contributed by atoms with van der Waals surface area (Å²) in [5.74, 6) is 0.828. The number of carbonyl (C=O) groups is 1. The van der Waals surface area contributed by atoms with Gasteiger partial charge in [-0.1, -0.05) is 18.2 Å². The van der Waals surface area contributed by atoms with E-state index < -0.39 is 0 Å². The van der Waals surface area contributed by atoms with Gasteiger partial charge in [0.2, 0.25) is 5.69 Å². The molecule has 0 aliphatic heterocycles. The fourth-order valence-corrected chi connectivity index (χ4v) is 2.91. The number of aromatic nitrogens is 2. The van der Waals surface area contributed by atoms with E-state index in [0.717, 1.165) is 25.7 Å². The van der Waals surface area contributed by atoms with E-state index in [1.165, 1.54) is 12.4 Å². The number of nitriles is 1. The minimum atomic E-state index is -0.126. The second kappa shape index (κ2) is 8.81. The van der Waals surface area contributed by atoms with Crippen molar-refractivity contribution in [3.8, 4) is 17.7 Å². The Bertz CT molecular complexity index is 768. The van der Waals surface area contributed by atoms with Gasteiger partial charge in [0.05, 0.1) is 0 Å². The number of nitrogens with one attached hydrogen (secondary N) is 1. The van der Waals surface area contributed by atoms with E-state index in [1.807, 2.05) is 36.4 Å². The first kappa shape index (κ1) is 17.7. The quantitative estimate of drug-likeness (QED) is 0.856. The number of nitrogens with zero attached hydrogens (tertiary/aromatic N) is 3. The van der Waals surface area contributed by atoms with Gasteiger partial charge in [-0.3, -0.25) is 4.79 Å². The second-order valence-electron chi connectivity index (χ2n) is 6.08. The molecule has 0 saturated heterocycles. The van der Waals surface area contributed by atoms with E-state index in [-0.39, 0.29) is 36.2 Å². The summed E-state index contributed by atoms with van der Waals surface area (Å²) in [6.45, 7) is 0.00553. The first-order valence-corrected chi connectivity index (χ1v) is 8.59. The normalized spacial score (nSPS) is 19.2. The number of ether oxygens (including phenoxy) is 2. The molecule has 134 valence electrons. The molecule has 1 N–H and O–H groups in total. The number of benzene rings is 1.